The van der Waals surface area contributed by atoms with Crippen molar-refractivity contribution in [1.82, 2.24) is 18.9 Å². The Morgan fingerprint density at radius 2 is 1.81 bits per heavy atom. The molecular weight excluding hydrogens is 573 g/mol. The molecule has 4 heterocycles. The number of nitrogens with one attached hydrogen (secondary N) is 1. The number of nitrogens with zero attached hydrogens (tertiary/aromatic N) is 4. The number of halogens is 1. The van der Waals surface area contributed by atoms with E-state index >= 15 is 0 Å². The van der Waals surface area contributed by atoms with Crippen LogP contribution in [0.15, 0.2) is 76.7 Å². The normalized spacial score (nSPS) is 21.7. The van der Waals surface area contributed by atoms with Gasteiger partial charge in [-0.2, -0.15) is 0 Å². The second kappa shape index (κ2) is 10.3. The lowest BCUT2D eigenvalue weighted by atomic mass is 9.61. The number of anilines is 1. The Balaban J connectivity index is 1.39. The third-order valence-corrected chi connectivity index (χ3v) is 10.4. The van der Waals surface area contributed by atoms with Gasteiger partial charge in [0.1, 0.15) is 11.6 Å². The fourth-order valence-electron chi connectivity index (χ4n) is 6.62. The van der Waals surface area contributed by atoms with Gasteiger partial charge in [0.05, 0.1) is 35.2 Å². The van der Waals surface area contributed by atoms with Crippen LogP contribution in [0, 0.1) is 30.5 Å². The number of carbonyl (C=O) groups is 1. The first kappa shape index (κ1) is 27.3. The quantitative estimate of drug-likeness (QED) is 0.239. The standard InChI is InChI=1S/C31H28FN5O5S/c1-17-2-8-22(9-3-17)43(40,41)37-15-24(23-12-21(32)14-33-30(23)37)29-34-25(20-10-11-42-16-20)13-26(36-29)35-28-19-6-4-18(5-7-19)27(28)31(38)39/h2-3,8-16,18-19,27-28H,4-7H2,1H3,(H,38,39)(H,34,35,36). The van der Waals surface area contributed by atoms with E-state index < -0.39 is 27.7 Å². The van der Waals surface area contributed by atoms with Gasteiger partial charge >= 0.3 is 5.97 Å². The third-order valence-electron chi connectivity index (χ3n) is 8.76. The van der Waals surface area contributed by atoms with Crippen LogP contribution in [0.2, 0.25) is 0 Å². The Labute approximate surface area is 246 Å². The maximum Gasteiger partial charge on any atom is 0.308 e. The summed E-state index contributed by atoms with van der Waals surface area (Å²) in [5.74, 6) is -1.24. The van der Waals surface area contributed by atoms with Crippen LogP contribution in [-0.4, -0.2) is 44.5 Å². The van der Waals surface area contributed by atoms with Crippen LogP contribution in [-0.2, 0) is 14.8 Å². The van der Waals surface area contributed by atoms with Crippen molar-refractivity contribution in [2.75, 3.05) is 5.32 Å². The van der Waals surface area contributed by atoms with Gasteiger partial charge in [-0.05, 0) is 68.7 Å². The van der Waals surface area contributed by atoms with Gasteiger partial charge in [0.2, 0.25) is 0 Å². The van der Waals surface area contributed by atoms with Crippen LogP contribution in [0.1, 0.15) is 31.2 Å². The lowest BCUT2D eigenvalue weighted by molar-refractivity contribution is -0.148. The summed E-state index contributed by atoms with van der Waals surface area (Å²) in [6.07, 6.45) is 9.00. The predicted molar refractivity (Wildman–Crippen MR) is 156 cm³/mol. The summed E-state index contributed by atoms with van der Waals surface area (Å²) in [4.78, 5) is 26.0. The summed E-state index contributed by atoms with van der Waals surface area (Å²) < 4.78 is 48.4. The number of benzene rings is 1. The average Bonchev–Trinajstić information content (AvgIpc) is 3.67. The molecule has 2 atom stereocenters. The van der Waals surface area contributed by atoms with Crippen molar-refractivity contribution in [3.8, 4) is 22.6 Å². The van der Waals surface area contributed by atoms with Crippen molar-refractivity contribution >= 4 is 32.8 Å². The maximum atomic E-state index is 14.6. The molecule has 4 aromatic heterocycles. The summed E-state index contributed by atoms with van der Waals surface area (Å²) >= 11 is 0. The Hall–Kier alpha value is -4.58. The van der Waals surface area contributed by atoms with Gasteiger partial charge in [0, 0.05) is 34.8 Å². The zero-order chi connectivity index (χ0) is 29.9. The molecule has 220 valence electrons. The Morgan fingerprint density at radius 3 is 2.51 bits per heavy atom. The molecule has 0 radical (unpaired) electrons. The highest BCUT2D eigenvalue weighted by atomic mass is 32.2. The maximum absolute atomic E-state index is 14.6. The lowest BCUT2D eigenvalue weighted by Crippen LogP contribution is -2.51. The number of fused-ring (bicyclic) bond motifs is 4. The van der Waals surface area contributed by atoms with Gasteiger partial charge < -0.3 is 14.8 Å². The molecule has 2 unspecified atom stereocenters. The first-order valence-corrected chi connectivity index (χ1v) is 15.5. The van der Waals surface area contributed by atoms with E-state index in [2.05, 4.69) is 10.3 Å². The van der Waals surface area contributed by atoms with Crippen LogP contribution < -0.4 is 5.32 Å². The number of hydrogen-bond donors (Lipinski definition) is 2. The molecule has 8 rings (SSSR count). The molecule has 1 aromatic carbocycles. The van der Waals surface area contributed by atoms with Gasteiger partial charge in [-0.25, -0.2) is 31.7 Å². The summed E-state index contributed by atoms with van der Waals surface area (Å²) in [6.45, 7) is 1.86. The largest absolute Gasteiger partial charge is 0.481 e. The summed E-state index contributed by atoms with van der Waals surface area (Å²) in [6, 6.07) is 10.7. The Kier molecular flexibility index (Phi) is 6.53. The SMILES string of the molecule is Cc1ccc(S(=O)(=O)n2cc(-c3nc(NC4C5CCC(CC5)C4C(=O)O)cc(-c4ccoc4)n3)c3cc(F)cnc32)cc1. The summed E-state index contributed by atoms with van der Waals surface area (Å²) in [5.41, 5.74) is 2.30. The fourth-order valence-corrected chi connectivity index (χ4v) is 7.95. The summed E-state index contributed by atoms with van der Waals surface area (Å²) in [7, 11) is -4.11. The zero-order valence-corrected chi connectivity index (χ0v) is 24.0. The monoisotopic (exact) mass is 601 g/mol. The van der Waals surface area contributed by atoms with E-state index in [1.54, 1.807) is 24.3 Å². The molecule has 3 aliphatic carbocycles. The van der Waals surface area contributed by atoms with Crippen LogP contribution in [0.3, 0.4) is 0 Å². The fraction of sp³-hybridized carbons (Fsp3) is 0.290. The number of hydrogen-bond acceptors (Lipinski definition) is 8. The number of pyridine rings is 1. The lowest BCUT2D eigenvalue weighted by Gasteiger charge is -2.47. The molecule has 5 aromatic rings. The Morgan fingerprint density at radius 1 is 1.07 bits per heavy atom. The molecule has 2 bridgehead atoms. The number of aryl methyl sites for hydroxylation is 1. The molecule has 2 N–H and O–H groups in total. The van der Waals surface area contributed by atoms with E-state index in [0.717, 1.165) is 41.4 Å². The molecule has 10 nitrogen and oxygen atoms in total. The van der Waals surface area contributed by atoms with Gasteiger partial charge in [-0.15, -0.1) is 0 Å². The number of rotatable bonds is 7. The van der Waals surface area contributed by atoms with Crippen molar-refractivity contribution in [2.24, 2.45) is 17.8 Å². The second-order valence-corrected chi connectivity index (χ2v) is 13.2. The van der Waals surface area contributed by atoms with Crippen LogP contribution in [0.4, 0.5) is 10.2 Å². The molecule has 43 heavy (non-hydrogen) atoms. The first-order valence-electron chi connectivity index (χ1n) is 14.1. The summed E-state index contributed by atoms with van der Waals surface area (Å²) in [5, 5.41) is 13.7. The highest BCUT2D eigenvalue weighted by molar-refractivity contribution is 7.90. The van der Waals surface area contributed by atoms with Gasteiger partial charge in [0.15, 0.2) is 11.5 Å². The highest BCUT2D eigenvalue weighted by Gasteiger charge is 2.47. The molecular formula is C31H28FN5O5S. The Bertz CT molecular complexity index is 1950. The number of furan rings is 1. The third kappa shape index (κ3) is 4.75. The van der Waals surface area contributed by atoms with Crippen LogP contribution in [0.25, 0.3) is 33.7 Å². The topological polar surface area (TPSA) is 140 Å². The van der Waals surface area contributed by atoms with Crippen molar-refractivity contribution in [3.63, 3.8) is 0 Å². The molecule has 0 amide bonds. The van der Waals surface area contributed by atoms with Crippen molar-refractivity contribution in [1.29, 1.82) is 0 Å². The molecule has 3 saturated carbocycles. The number of carboxylic acid groups (broad SMARTS) is 1. The molecule has 0 spiro atoms. The number of carboxylic acids is 1. The minimum Gasteiger partial charge on any atom is -0.481 e. The zero-order valence-electron chi connectivity index (χ0n) is 23.1. The van der Waals surface area contributed by atoms with E-state index in [-0.39, 0.29) is 45.2 Å². The second-order valence-electron chi connectivity index (χ2n) is 11.4. The molecule has 0 aliphatic heterocycles. The van der Waals surface area contributed by atoms with Gasteiger partial charge in [-0.1, -0.05) is 17.7 Å². The first-order chi connectivity index (χ1) is 20.7. The van der Waals surface area contributed by atoms with E-state index in [0.29, 0.717) is 17.1 Å². The van der Waals surface area contributed by atoms with E-state index in [1.165, 1.54) is 36.9 Å². The van der Waals surface area contributed by atoms with E-state index in [4.69, 9.17) is 14.4 Å². The predicted octanol–water partition coefficient (Wildman–Crippen LogP) is 5.74. The molecule has 3 aliphatic rings. The molecule has 12 heteroatoms. The number of aromatic nitrogens is 4. The minimum absolute atomic E-state index is 0.0272. The molecule has 3 fully saturated rings. The molecule has 0 saturated heterocycles. The minimum atomic E-state index is -4.11. The van der Waals surface area contributed by atoms with Crippen LogP contribution in [0.5, 0.6) is 0 Å². The van der Waals surface area contributed by atoms with E-state index in [9.17, 15) is 22.7 Å². The average molecular weight is 602 g/mol. The van der Waals surface area contributed by atoms with Crippen molar-refractivity contribution in [3.05, 3.63) is 78.8 Å². The van der Waals surface area contributed by atoms with E-state index in [1.807, 2.05) is 6.92 Å². The number of aliphatic carboxylic acids is 1. The van der Waals surface area contributed by atoms with Crippen molar-refractivity contribution < 1.29 is 27.1 Å². The smallest absolute Gasteiger partial charge is 0.308 e. The van der Waals surface area contributed by atoms with Gasteiger partial charge in [0.25, 0.3) is 10.0 Å². The van der Waals surface area contributed by atoms with Gasteiger partial charge in [-0.3, -0.25) is 4.79 Å². The van der Waals surface area contributed by atoms with Crippen LogP contribution >= 0.6 is 0 Å². The van der Waals surface area contributed by atoms with Crippen molar-refractivity contribution in [2.45, 2.75) is 43.5 Å². The highest BCUT2D eigenvalue weighted by Crippen LogP contribution is 2.46.